The van der Waals surface area contributed by atoms with Crippen molar-refractivity contribution in [1.29, 1.82) is 0 Å². The molecule has 2 rings (SSSR count). The summed E-state index contributed by atoms with van der Waals surface area (Å²) in [6.45, 7) is 4.97. The largest absolute Gasteiger partial charge is 0.491 e. The van der Waals surface area contributed by atoms with Crippen LogP contribution in [-0.2, 0) is 4.79 Å². The van der Waals surface area contributed by atoms with E-state index >= 15 is 0 Å². The van der Waals surface area contributed by atoms with Crippen LogP contribution in [0.1, 0.15) is 44.0 Å². The van der Waals surface area contributed by atoms with Crippen LogP contribution in [0.3, 0.4) is 0 Å². The number of ether oxygens (including phenoxy) is 1. The van der Waals surface area contributed by atoms with Crippen molar-refractivity contribution >= 4 is 17.7 Å². The van der Waals surface area contributed by atoms with Crippen LogP contribution in [-0.4, -0.2) is 52.5 Å². The van der Waals surface area contributed by atoms with Crippen molar-refractivity contribution in [3.63, 3.8) is 0 Å². The minimum Gasteiger partial charge on any atom is -0.491 e. The highest BCUT2D eigenvalue weighted by molar-refractivity contribution is 6.07. The number of nitrogens with one attached hydrogen (secondary N) is 1. The molecular formula is C18H24N2O5. The molecule has 0 unspecified atom stereocenters. The molecule has 25 heavy (non-hydrogen) atoms. The first-order valence-corrected chi connectivity index (χ1v) is 8.39. The number of hydrogen-bond acceptors (Lipinski definition) is 5. The lowest BCUT2D eigenvalue weighted by atomic mass is 9.93. The first-order chi connectivity index (χ1) is 11.8. The van der Waals surface area contributed by atoms with Gasteiger partial charge in [0.15, 0.2) is 5.78 Å². The lowest BCUT2D eigenvalue weighted by Crippen LogP contribution is -2.46. The second kappa shape index (κ2) is 7.65. The Morgan fingerprint density at radius 2 is 1.84 bits per heavy atom. The molecule has 0 saturated carbocycles. The molecule has 1 aliphatic rings. The molecule has 1 atom stereocenters. The maximum atomic E-state index is 12.5. The smallest absolute Gasteiger partial charge is 0.325 e. The predicted molar refractivity (Wildman–Crippen MR) is 91.5 cm³/mol. The molecule has 1 heterocycles. The van der Waals surface area contributed by atoms with Crippen LogP contribution in [0, 0.1) is 0 Å². The van der Waals surface area contributed by atoms with Gasteiger partial charge in [0.2, 0.25) is 0 Å². The Labute approximate surface area is 147 Å². The third kappa shape index (κ3) is 3.99. The molecule has 0 spiro atoms. The zero-order chi connectivity index (χ0) is 18.6. The van der Waals surface area contributed by atoms with E-state index in [1.165, 1.54) is 6.92 Å². The molecule has 3 amide bonds. The average Bonchev–Trinajstić information content (AvgIpc) is 2.85. The Kier molecular flexibility index (Phi) is 5.79. The summed E-state index contributed by atoms with van der Waals surface area (Å²) in [5, 5.41) is 12.8. The van der Waals surface area contributed by atoms with Gasteiger partial charge in [-0.05, 0) is 44.0 Å². The van der Waals surface area contributed by atoms with E-state index in [-0.39, 0.29) is 24.8 Å². The minimum absolute atomic E-state index is 0.0412. The van der Waals surface area contributed by atoms with Gasteiger partial charge in [0.1, 0.15) is 24.0 Å². The van der Waals surface area contributed by atoms with Crippen LogP contribution in [0.4, 0.5) is 4.79 Å². The molecule has 7 heteroatoms. The number of benzene rings is 1. The van der Waals surface area contributed by atoms with E-state index in [4.69, 9.17) is 4.74 Å². The molecule has 136 valence electrons. The number of imide groups is 1. The number of aliphatic hydroxyl groups is 1. The van der Waals surface area contributed by atoms with E-state index in [2.05, 4.69) is 5.32 Å². The number of ketones is 1. The number of carbonyl (C=O) groups excluding carboxylic acids is 3. The van der Waals surface area contributed by atoms with Crippen molar-refractivity contribution in [1.82, 2.24) is 10.2 Å². The second-order valence-corrected chi connectivity index (χ2v) is 6.18. The molecule has 0 aliphatic carbocycles. The number of urea groups is 1. The van der Waals surface area contributed by atoms with Crippen molar-refractivity contribution in [2.24, 2.45) is 0 Å². The van der Waals surface area contributed by atoms with Gasteiger partial charge in [-0.1, -0.05) is 13.8 Å². The van der Waals surface area contributed by atoms with E-state index in [1.807, 2.05) is 13.8 Å². The summed E-state index contributed by atoms with van der Waals surface area (Å²) in [5.74, 6) is 0.144. The van der Waals surface area contributed by atoms with Crippen molar-refractivity contribution in [3.8, 4) is 5.75 Å². The summed E-state index contributed by atoms with van der Waals surface area (Å²) in [7, 11) is 0. The van der Waals surface area contributed by atoms with E-state index in [0.29, 0.717) is 24.2 Å². The molecule has 7 nitrogen and oxygen atoms in total. The lowest BCUT2D eigenvalue weighted by Gasteiger charge is -2.24. The molecule has 0 bridgehead atoms. The van der Waals surface area contributed by atoms with Crippen LogP contribution in [0.5, 0.6) is 5.75 Å². The SMILES string of the molecule is CCC1(CC)NC(=O)N(C[C@H](O)COc2ccc(C(C)=O)cc2)C1=O. The third-order valence-corrected chi connectivity index (χ3v) is 4.55. The van der Waals surface area contributed by atoms with Crippen LogP contribution in [0.25, 0.3) is 0 Å². The van der Waals surface area contributed by atoms with Crippen LogP contribution in [0.15, 0.2) is 24.3 Å². The van der Waals surface area contributed by atoms with Gasteiger partial charge in [0.25, 0.3) is 5.91 Å². The van der Waals surface area contributed by atoms with E-state index in [0.717, 1.165) is 4.90 Å². The summed E-state index contributed by atoms with van der Waals surface area (Å²) >= 11 is 0. The molecule has 1 aromatic rings. The Morgan fingerprint density at radius 3 is 2.32 bits per heavy atom. The average molecular weight is 348 g/mol. The zero-order valence-electron chi connectivity index (χ0n) is 14.7. The first kappa shape index (κ1) is 18.9. The molecule has 1 saturated heterocycles. The van der Waals surface area contributed by atoms with E-state index in [9.17, 15) is 19.5 Å². The lowest BCUT2D eigenvalue weighted by molar-refractivity contribution is -0.132. The highest BCUT2D eigenvalue weighted by Gasteiger charge is 2.48. The number of carbonyl (C=O) groups is 3. The molecule has 1 aliphatic heterocycles. The van der Waals surface area contributed by atoms with Crippen LogP contribution >= 0.6 is 0 Å². The Morgan fingerprint density at radius 1 is 1.24 bits per heavy atom. The van der Waals surface area contributed by atoms with Gasteiger partial charge in [-0.2, -0.15) is 0 Å². The Balaban J connectivity index is 1.92. The maximum absolute atomic E-state index is 12.5. The van der Waals surface area contributed by atoms with Crippen molar-refractivity contribution in [2.75, 3.05) is 13.2 Å². The highest BCUT2D eigenvalue weighted by atomic mass is 16.5. The fourth-order valence-corrected chi connectivity index (χ4v) is 2.81. The molecule has 2 N–H and O–H groups in total. The van der Waals surface area contributed by atoms with Crippen LogP contribution < -0.4 is 10.1 Å². The third-order valence-electron chi connectivity index (χ3n) is 4.55. The van der Waals surface area contributed by atoms with Crippen molar-refractivity contribution in [3.05, 3.63) is 29.8 Å². The highest BCUT2D eigenvalue weighted by Crippen LogP contribution is 2.25. The summed E-state index contributed by atoms with van der Waals surface area (Å²) in [6, 6.07) is 6.06. The summed E-state index contributed by atoms with van der Waals surface area (Å²) in [6.07, 6.45) is -0.00835. The van der Waals surface area contributed by atoms with E-state index in [1.54, 1.807) is 24.3 Å². The molecule has 1 aromatic carbocycles. The summed E-state index contributed by atoms with van der Waals surface area (Å²) in [4.78, 5) is 36.8. The Hall–Kier alpha value is -2.41. The predicted octanol–water partition coefficient (Wildman–Crippen LogP) is 1.74. The topological polar surface area (TPSA) is 95.9 Å². The number of aliphatic hydroxyl groups excluding tert-OH is 1. The van der Waals surface area contributed by atoms with Crippen LogP contribution in [0.2, 0.25) is 0 Å². The van der Waals surface area contributed by atoms with Gasteiger partial charge in [-0.3, -0.25) is 14.5 Å². The number of rotatable bonds is 8. The van der Waals surface area contributed by atoms with Gasteiger partial charge >= 0.3 is 6.03 Å². The fraction of sp³-hybridized carbons (Fsp3) is 0.500. The molecule has 1 fully saturated rings. The quantitative estimate of drug-likeness (QED) is 0.551. The maximum Gasteiger partial charge on any atom is 0.325 e. The number of hydrogen-bond donors (Lipinski definition) is 2. The zero-order valence-corrected chi connectivity index (χ0v) is 14.7. The van der Waals surface area contributed by atoms with Gasteiger partial charge in [-0.25, -0.2) is 4.79 Å². The van der Waals surface area contributed by atoms with Gasteiger partial charge in [0.05, 0.1) is 6.54 Å². The van der Waals surface area contributed by atoms with Gasteiger partial charge < -0.3 is 15.2 Å². The number of amides is 3. The van der Waals surface area contributed by atoms with Gasteiger partial charge in [0, 0.05) is 5.56 Å². The normalized spacial score (nSPS) is 17.4. The number of β-amino-alcohol motifs (C(OH)–C–C–N with tert-alkyl or cyclic N) is 1. The Bertz CT molecular complexity index is 652. The van der Waals surface area contributed by atoms with Gasteiger partial charge in [-0.15, -0.1) is 0 Å². The van der Waals surface area contributed by atoms with Crippen molar-refractivity contribution in [2.45, 2.75) is 45.3 Å². The molecule has 0 aromatic heterocycles. The summed E-state index contributed by atoms with van der Waals surface area (Å²) in [5.41, 5.74) is -0.303. The summed E-state index contributed by atoms with van der Waals surface area (Å²) < 4.78 is 5.46. The molecular weight excluding hydrogens is 324 g/mol. The number of nitrogens with zero attached hydrogens (tertiary/aromatic N) is 1. The minimum atomic E-state index is -1.01. The number of Topliss-reactive ketones (excluding diaryl/α,β-unsaturated/α-hetero) is 1. The van der Waals surface area contributed by atoms with E-state index < -0.39 is 17.7 Å². The second-order valence-electron chi connectivity index (χ2n) is 6.18. The fourth-order valence-electron chi connectivity index (χ4n) is 2.81. The monoisotopic (exact) mass is 348 g/mol. The molecule has 0 radical (unpaired) electrons. The standard InChI is InChI=1S/C18H24N2O5/c1-4-18(5-2)16(23)20(17(24)19-18)10-14(22)11-25-15-8-6-13(7-9-15)12(3)21/h6-9,14,22H,4-5,10-11H2,1-3H3,(H,19,24)/t14-/m0/s1. The van der Waals surface area contributed by atoms with Crippen molar-refractivity contribution < 1.29 is 24.2 Å². The first-order valence-electron chi connectivity index (χ1n) is 8.39.